The maximum atomic E-state index is 15.6. The van der Waals surface area contributed by atoms with Crippen LogP contribution in [0.15, 0.2) is 46.9 Å². The summed E-state index contributed by atoms with van der Waals surface area (Å²) in [5.74, 6) is -9.42. The summed E-state index contributed by atoms with van der Waals surface area (Å²) in [6, 6.07) is 8.47. The number of nitrogens with zero attached hydrogens (tertiary/aromatic N) is 2. The quantitative estimate of drug-likeness (QED) is 0.0581. The number of carboxylic acid groups (broad SMARTS) is 1. The second-order valence-corrected chi connectivity index (χ2v) is 12.5. The normalized spacial score (nSPS) is 16.7. The van der Waals surface area contributed by atoms with Crippen LogP contribution in [-0.4, -0.2) is 54.9 Å². The zero-order valence-corrected chi connectivity index (χ0v) is 25.7. The average Bonchev–Trinajstić information content (AvgIpc) is 2.98. The molecule has 2 aromatic carbocycles. The monoisotopic (exact) mass is 659 g/mol. The number of halogens is 6. The molecule has 1 aliphatic carbocycles. The van der Waals surface area contributed by atoms with Crippen LogP contribution in [0.5, 0.6) is 0 Å². The molecule has 12 heteroatoms. The predicted octanol–water partition coefficient (Wildman–Crippen LogP) is 7.99. The predicted molar refractivity (Wildman–Crippen MR) is 165 cm³/mol. The van der Waals surface area contributed by atoms with E-state index in [0.717, 1.165) is 53.7 Å². The van der Waals surface area contributed by atoms with Gasteiger partial charge in [0.1, 0.15) is 17.2 Å². The van der Waals surface area contributed by atoms with Gasteiger partial charge in [0.2, 0.25) is 18.4 Å². The van der Waals surface area contributed by atoms with E-state index in [9.17, 15) is 32.3 Å². The Hall–Kier alpha value is -4.35. The molecule has 4 aliphatic rings. The number of rotatable bonds is 11. The Labute approximate surface area is 266 Å². The van der Waals surface area contributed by atoms with E-state index in [2.05, 4.69) is 6.92 Å². The molecule has 0 saturated carbocycles. The van der Waals surface area contributed by atoms with Crippen molar-refractivity contribution in [2.45, 2.75) is 63.7 Å². The van der Waals surface area contributed by atoms with Crippen LogP contribution in [0.3, 0.4) is 0 Å². The van der Waals surface area contributed by atoms with Crippen LogP contribution < -0.4 is 14.8 Å². The number of unbranched alkanes of at least 4 members (excludes halogenated alkanes) is 5. The topological polar surface area (TPSA) is 73.8 Å². The molecule has 1 N–H and O–H groups in total. The van der Waals surface area contributed by atoms with Crippen molar-refractivity contribution in [1.82, 2.24) is 4.58 Å². The molecule has 2 saturated heterocycles. The Morgan fingerprint density at radius 1 is 0.872 bits per heavy atom. The molecule has 248 valence electrons. The lowest BCUT2D eigenvalue weighted by atomic mass is 9.88. The minimum absolute atomic E-state index is 0.0108. The summed E-state index contributed by atoms with van der Waals surface area (Å²) in [7, 11) is 0. The van der Waals surface area contributed by atoms with Gasteiger partial charge in [0.25, 0.3) is 5.92 Å². The van der Waals surface area contributed by atoms with E-state index in [1.165, 1.54) is 30.3 Å². The summed E-state index contributed by atoms with van der Waals surface area (Å²) in [4.78, 5) is 26.8. The maximum absolute atomic E-state index is 15.6. The Morgan fingerprint density at radius 3 is 2.23 bits per heavy atom. The van der Waals surface area contributed by atoms with Crippen LogP contribution in [0.2, 0.25) is 0 Å². The Balaban J connectivity index is 1.53. The van der Waals surface area contributed by atoms with Gasteiger partial charge in [-0.15, -0.1) is 0 Å². The number of carbonyl (C=O) groups excluding carboxylic acids is 1. The molecule has 0 bridgehead atoms. The molecular weight excluding hydrogens is 626 g/mol. The highest BCUT2D eigenvalue weighted by Gasteiger charge is 2.50. The van der Waals surface area contributed by atoms with E-state index in [0.29, 0.717) is 6.42 Å². The van der Waals surface area contributed by atoms with Gasteiger partial charge < -0.3 is 14.4 Å². The summed E-state index contributed by atoms with van der Waals surface area (Å²) in [6.07, 6.45) is 5.98. The molecular formula is C35H33F6N2O4+. The number of fused-ring (bicyclic) bond motifs is 2. The zero-order chi connectivity index (χ0) is 33.7. The zero-order valence-electron chi connectivity index (χ0n) is 25.7. The average molecular weight is 660 g/mol. The van der Waals surface area contributed by atoms with E-state index < -0.39 is 55.6 Å². The number of Topliss-reactive ketones (excluding diaryl/α,β-unsaturated/α-hetero) is 1. The van der Waals surface area contributed by atoms with Gasteiger partial charge in [0, 0.05) is 34.6 Å². The molecule has 0 radical (unpaired) electrons. The fourth-order valence-corrected chi connectivity index (χ4v) is 6.37. The van der Waals surface area contributed by atoms with Gasteiger partial charge in [-0.1, -0.05) is 45.1 Å². The van der Waals surface area contributed by atoms with E-state index in [1.54, 1.807) is 0 Å². The first-order valence-corrected chi connectivity index (χ1v) is 15.7. The lowest BCUT2D eigenvalue weighted by Gasteiger charge is -2.40. The number of benzene rings is 3. The number of hydrogen-bond acceptors (Lipinski definition) is 4. The smallest absolute Gasteiger partial charge is 0.361 e. The summed E-state index contributed by atoms with van der Waals surface area (Å²) >= 11 is 0. The van der Waals surface area contributed by atoms with Crippen molar-refractivity contribution in [1.29, 1.82) is 0 Å². The molecule has 6 nitrogen and oxygen atoms in total. The third kappa shape index (κ3) is 6.46. The first-order chi connectivity index (χ1) is 22.3. The minimum Gasteiger partial charge on any atom is -0.478 e. The number of ketones is 1. The molecule has 3 aliphatic heterocycles. The molecule has 2 fully saturated rings. The van der Waals surface area contributed by atoms with E-state index in [1.807, 2.05) is 0 Å². The van der Waals surface area contributed by atoms with Gasteiger partial charge in [0.05, 0.1) is 30.4 Å². The number of alkyl halides is 4. The van der Waals surface area contributed by atoms with Crippen LogP contribution in [-0.2, 0) is 0 Å². The summed E-state index contributed by atoms with van der Waals surface area (Å²) < 4.78 is 93.0. The van der Waals surface area contributed by atoms with Crippen LogP contribution >= 0.6 is 0 Å². The van der Waals surface area contributed by atoms with Gasteiger partial charge in [-0.3, -0.25) is 4.79 Å². The van der Waals surface area contributed by atoms with Crippen molar-refractivity contribution in [3.05, 3.63) is 70.6 Å². The molecule has 0 atom stereocenters. The Kier molecular flexibility index (Phi) is 8.56. The van der Waals surface area contributed by atoms with Crippen LogP contribution in [0, 0.1) is 11.6 Å². The lowest BCUT2D eigenvalue weighted by molar-refractivity contribution is -0.0649. The van der Waals surface area contributed by atoms with Gasteiger partial charge in [-0.25, -0.2) is 22.5 Å². The van der Waals surface area contributed by atoms with Crippen molar-refractivity contribution >= 4 is 28.4 Å². The number of carbonyl (C=O) groups is 2. The molecule has 3 heterocycles. The van der Waals surface area contributed by atoms with Gasteiger partial charge >= 0.3 is 11.9 Å². The van der Waals surface area contributed by atoms with E-state index >= 15 is 8.78 Å². The van der Waals surface area contributed by atoms with Crippen LogP contribution in [0.25, 0.3) is 33.4 Å². The number of aromatic carboxylic acids is 1. The Morgan fingerprint density at radius 2 is 1.57 bits per heavy atom. The van der Waals surface area contributed by atoms with Crippen LogP contribution in [0.1, 0.15) is 72.6 Å². The first kappa shape index (κ1) is 32.6. The van der Waals surface area contributed by atoms with Gasteiger partial charge in [0.15, 0.2) is 11.6 Å². The second-order valence-electron chi connectivity index (χ2n) is 12.5. The highest BCUT2D eigenvalue weighted by molar-refractivity contribution is 6.09. The first-order valence-electron chi connectivity index (χ1n) is 15.7. The molecule has 0 aromatic heterocycles. The number of carboxylic acids is 1. The minimum atomic E-state index is -3.00. The van der Waals surface area contributed by atoms with E-state index in [-0.39, 0.29) is 67.8 Å². The van der Waals surface area contributed by atoms with E-state index in [4.69, 9.17) is 4.42 Å². The van der Waals surface area contributed by atoms with Crippen molar-refractivity contribution in [3.8, 4) is 22.5 Å². The van der Waals surface area contributed by atoms with Crippen molar-refractivity contribution in [2.24, 2.45) is 0 Å². The third-order valence-corrected chi connectivity index (χ3v) is 8.83. The van der Waals surface area contributed by atoms with Crippen molar-refractivity contribution in [3.63, 3.8) is 0 Å². The number of anilines is 1. The largest absolute Gasteiger partial charge is 0.478 e. The molecule has 0 spiro atoms. The molecule has 0 unspecified atom stereocenters. The maximum Gasteiger partial charge on any atom is 0.361 e. The highest BCUT2D eigenvalue weighted by Crippen LogP contribution is 2.44. The fraction of sp³-hybridized carbons (Fsp3) is 0.400. The molecule has 2 aromatic rings. The second kappa shape index (κ2) is 12.4. The third-order valence-electron chi connectivity index (χ3n) is 8.83. The van der Waals surface area contributed by atoms with Gasteiger partial charge in [-0.05, 0) is 36.2 Å². The summed E-state index contributed by atoms with van der Waals surface area (Å²) in [5, 5.41) is 9.99. The van der Waals surface area contributed by atoms with Gasteiger partial charge in [-0.2, -0.15) is 13.2 Å². The molecule has 6 rings (SSSR count). The summed E-state index contributed by atoms with van der Waals surface area (Å²) in [5.41, 5.74) is -0.228. The standard InChI is InChI=1S/C35H32F6N2O4/c1-2-3-4-5-6-7-8-29(44)20-9-10-21(33(45)46)22(11-20)32-23-12-25(36)27(42-16-34(38,39)17-42)14-30(23)47-31-15-28(26(37)13-24(31)32)43-18-35(40,41)19-43/h9-15H,2-8,16-19H2,1H3/p+1. The number of hydrogen-bond donors (Lipinski definition) is 1. The van der Waals surface area contributed by atoms with Crippen molar-refractivity contribution < 1.29 is 45.5 Å². The van der Waals surface area contributed by atoms with Crippen molar-refractivity contribution in [2.75, 3.05) is 31.1 Å². The lowest BCUT2D eigenvalue weighted by Crippen LogP contribution is -2.58. The fourth-order valence-electron chi connectivity index (χ4n) is 6.37. The van der Waals surface area contributed by atoms with Crippen LogP contribution in [0.4, 0.5) is 32.0 Å². The Bertz CT molecular complexity index is 1920. The summed E-state index contributed by atoms with van der Waals surface area (Å²) in [6.45, 7) is -0.780. The molecule has 47 heavy (non-hydrogen) atoms. The highest BCUT2D eigenvalue weighted by atomic mass is 19.3. The SMILES string of the molecule is CCCCCCCCC(=O)c1ccc(C(=O)O)c(-c2c3cc(F)c(=[N+]4CC(F)(F)C4)cc-3oc3cc(N4CC(F)(F)C4)c(F)cc23)c1. The molecule has 0 amide bonds.